The maximum Gasteiger partial charge on any atom is 0.417 e. The van der Waals surface area contributed by atoms with E-state index in [-0.39, 0.29) is 10.7 Å². The highest BCUT2D eigenvalue weighted by Gasteiger charge is 2.36. The first-order valence-corrected chi connectivity index (χ1v) is 7.27. The summed E-state index contributed by atoms with van der Waals surface area (Å²) in [5.74, 6) is 0. The maximum absolute atomic E-state index is 12.9. The van der Waals surface area contributed by atoms with Crippen LogP contribution < -0.4 is 0 Å². The fraction of sp³-hybridized carbons (Fsp3) is 0.429. The van der Waals surface area contributed by atoms with Crippen molar-refractivity contribution in [1.29, 1.82) is 0 Å². The van der Waals surface area contributed by atoms with E-state index >= 15 is 0 Å². The lowest BCUT2D eigenvalue weighted by Gasteiger charge is -2.29. The van der Waals surface area contributed by atoms with Crippen LogP contribution in [0.15, 0.2) is 24.4 Å². The van der Waals surface area contributed by atoms with Crippen molar-refractivity contribution in [2.75, 3.05) is 13.2 Å². The molecular weight excluding hydrogens is 335 g/mol. The van der Waals surface area contributed by atoms with Crippen molar-refractivity contribution in [3.63, 3.8) is 0 Å². The fourth-order valence-electron chi connectivity index (χ4n) is 2.44. The van der Waals surface area contributed by atoms with Crippen LogP contribution in [0.2, 0.25) is 5.02 Å². The predicted molar refractivity (Wildman–Crippen MR) is 75.3 cm³/mol. The van der Waals surface area contributed by atoms with Gasteiger partial charge in [-0.05, 0) is 18.2 Å². The third-order valence-electron chi connectivity index (χ3n) is 3.81. The van der Waals surface area contributed by atoms with Gasteiger partial charge in [0, 0.05) is 26.1 Å². The molecule has 0 spiro atoms. The molecule has 1 fully saturated rings. The lowest BCUT2D eigenvalue weighted by atomic mass is 9.91. The van der Waals surface area contributed by atoms with Gasteiger partial charge in [0.25, 0.3) is 0 Å². The first-order chi connectivity index (χ1) is 10.8. The second kappa shape index (κ2) is 5.77. The largest absolute Gasteiger partial charge is 0.417 e. The first kappa shape index (κ1) is 16.2. The highest BCUT2D eigenvalue weighted by molar-refractivity contribution is 6.31. The van der Waals surface area contributed by atoms with Crippen molar-refractivity contribution in [1.82, 2.24) is 15.0 Å². The van der Waals surface area contributed by atoms with E-state index in [1.165, 1.54) is 16.9 Å². The second-order valence-corrected chi connectivity index (χ2v) is 5.76. The molecule has 0 bridgehead atoms. The van der Waals surface area contributed by atoms with Crippen LogP contribution in [0.3, 0.4) is 0 Å². The smallest absolute Gasteiger partial charge is 0.383 e. The molecule has 0 saturated carbocycles. The van der Waals surface area contributed by atoms with Gasteiger partial charge in [0.2, 0.25) is 0 Å². The number of rotatable bonds is 2. The Morgan fingerprint density at radius 3 is 2.61 bits per heavy atom. The van der Waals surface area contributed by atoms with Crippen LogP contribution in [0.5, 0.6) is 0 Å². The molecule has 0 radical (unpaired) electrons. The van der Waals surface area contributed by atoms with Crippen LogP contribution in [0.1, 0.15) is 24.1 Å². The van der Waals surface area contributed by atoms with Crippen molar-refractivity contribution in [2.24, 2.45) is 0 Å². The van der Waals surface area contributed by atoms with E-state index in [0.717, 1.165) is 12.1 Å². The number of hydrogen-bond donors (Lipinski definition) is 1. The average molecular weight is 348 g/mol. The molecule has 1 N–H and O–H groups in total. The Morgan fingerprint density at radius 2 is 1.96 bits per heavy atom. The minimum absolute atomic E-state index is 0.163. The molecule has 2 aromatic rings. The summed E-state index contributed by atoms with van der Waals surface area (Å²) < 4.78 is 45.1. The third kappa shape index (κ3) is 3.19. The Kier molecular flexibility index (Phi) is 4.07. The molecule has 1 aliphatic heterocycles. The van der Waals surface area contributed by atoms with E-state index < -0.39 is 17.3 Å². The Labute approximate surface area is 134 Å². The lowest BCUT2D eigenvalue weighted by Crippen LogP contribution is -2.33. The van der Waals surface area contributed by atoms with Gasteiger partial charge >= 0.3 is 6.18 Å². The molecule has 0 unspecified atom stereocenters. The molecule has 0 amide bonds. The molecule has 1 aromatic carbocycles. The first-order valence-electron chi connectivity index (χ1n) is 6.90. The molecule has 1 aliphatic rings. The zero-order valence-electron chi connectivity index (χ0n) is 11.8. The van der Waals surface area contributed by atoms with Gasteiger partial charge in [-0.3, -0.25) is 0 Å². The number of aromatic nitrogens is 3. The molecule has 9 heteroatoms. The van der Waals surface area contributed by atoms with E-state index in [9.17, 15) is 18.3 Å². The average Bonchev–Trinajstić information content (AvgIpc) is 2.98. The molecule has 124 valence electrons. The maximum atomic E-state index is 12.9. The van der Waals surface area contributed by atoms with Gasteiger partial charge < -0.3 is 9.84 Å². The molecule has 1 saturated heterocycles. The molecular formula is C14H13ClF3N3O2. The summed E-state index contributed by atoms with van der Waals surface area (Å²) in [5.41, 5.74) is -1.64. The lowest BCUT2D eigenvalue weighted by molar-refractivity contribution is -0.137. The second-order valence-electron chi connectivity index (χ2n) is 5.35. The van der Waals surface area contributed by atoms with Crippen LogP contribution in [0, 0.1) is 0 Å². The zero-order valence-corrected chi connectivity index (χ0v) is 12.6. The highest BCUT2D eigenvalue weighted by atomic mass is 35.5. The zero-order chi connectivity index (χ0) is 16.7. The summed E-state index contributed by atoms with van der Waals surface area (Å²) in [6.07, 6.45) is -2.41. The van der Waals surface area contributed by atoms with E-state index in [4.69, 9.17) is 16.3 Å². The number of nitrogens with zero attached hydrogens (tertiary/aromatic N) is 3. The number of halogens is 4. The minimum atomic E-state index is -4.56. The van der Waals surface area contributed by atoms with Crippen molar-refractivity contribution < 1.29 is 23.0 Å². The summed E-state index contributed by atoms with van der Waals surface area (Å²) >= 11 is 5.60. The van der Waals surface area contributed by atoms with Gasteiger partial charge in [0.05, 0.1) is 22.5 Å². The third-order valence-corrected chi connectivity index (χ3v) is 4.14. The summed E-state index contributed by atoms with van der Waals surface area (Å²) in [6, 6.07) is 3.46. The number of alkyl halides is 3. The van der Waals surface area contributed by atoms with Gasteiger partial charge in [-0.1, -0.05) is 16.8 Å². The van der Waals surface area contributed by atoms with Gasteiger partial charge in [0.15, 0.2) is 0 Å². The van der Waals surface area contributed by atoms with E-state index in [1.54, 1.807) is 0 Å². The normalized spacial score (nSPS) is 18.1. The van der Waals surface area contributed by atoms with Gasteiger partial charge in [-0.25, -0.2) is 4.68 Å². The number of aliphatic hydroxyl groups is 1. The monoisotopic (exact) mass is 347 g/mol. The standard InChI is InChI=1S/C14H13ClF3N3O2/c15-11-2-1-9(7-10(11)14(16,17)18)21-8-12(19-20-21)13(22)3-5-23-6-4-13/h1-2,7-8,22H,3-6H2. The molecule has 0 aliphatic carbocycles. The van der Waals surface area contributed by atoms with Gasteiger partial charge in [-0.2, -0.15) is 13.2 Å². The number of ether oxygens (including phenoxy) is 1. The highest BCUT2D eigenvalue weighted by Crippen LogP contribution is 2.36. The van der Waals surface area contributed by atoms with E-state index in [0.29, 0.717) is 31.7 Å². The summed E-state index contributed by atoms with van der Waals surface area (Å²) in [4.78, 5) is 0. The van der Waals surface area contributed by atoms with Crippen molar-refractivity contribution in [3.8, 4) is 5.69 Å². The van der Waals surface area contributed by atoms with Crippen molar-refractivity contribution in [3.05, 3.63) is 40.7 Å². The van der Waals surface area contributed by atoms with Gasteiger partial charge in [0.1, 0.15) is 11.3 Å². The molecule has 5 nitrogen and oxygen atoms in total. The Hall–Kier alpha value is -1.64. The quantitative estimate of drug-likeness (QED) is 0.907. The minimum Gasteiger partial charge on any atom is -0.383 e. The van der Waals surface area contributed by atoms with Crippen LogP contribution in [0.4, 0.5) is 13.2 Å². The molecule has 0 atom stereocenters. The van der Waals surface area contributed by atoms with E-state index in [2.05, 4.69) is 10.3 Å². The Balaban J connectivity index is 1.95. The van der Waals surface area contributed by atoms with Crippen LogP contribution >= 0.6 is 11.6 Å². The van der Waals surface area contributed by atoms with E-state index in [1.807, 2.05) is 0 Å². The van der Waals surface area contributed by atoms with Crippen LogP contribution in [-0.4, -0.2) is 33.3 Å². The molecule has 1 aromatic heterocycles. The Bertz CT molecular complexity index is 712. The number of benzene rings is 1. The fourth-order valence-corrected chi connectivity index (χ4v) is 2.67. The molecule has 23 heavy (non-hydrogen) atoms. The molecule has 3 rings (SSSR count). The van der Waals surface area contributed by atoms with Crippen molar-refractivity contribution >= 4 is 11.6 Å². The topological polar surface area (TPSA) is 60.2 Å². The summed E-state index contributed by atoms with van der Waals surface area (Å²) in [6.45, 7) is 0.783. The van der Waals surface area contributed by atoms with Crippen LogP contribution in [-0.2, 0) is 16.5 Å². The summed E-state index contributed by atoms with van der Waals surface area (Å²) in [7, 11) is 0. The van der Waals surface area contributed by atoms with Gasteiger partial charge in [-0.15, -0.1) is 5.10 Å². The predicted octanol–water partition coefficient (Wildman–Crippen LogP) is 2.94. The summed E-state index contributed by atoms with van der Waals surface area (Å²) in [5, 5.41) is 17.9. The number of hydrogen-bond acceptors (Lipinski definition) is 4. The SMILES string of the molecule is OC1(c2cn(-c3ccc(Cl)c(C(F)(F)F)c3)nn2)CCOCC1. The molecule has 2 heterocycles. The van der Waals surface area contributed by atoms with Crippen molar-refractivity contribution in [2.45, 2.75) is 24.6 Å². The Morgan fingerprint density at radius 1 is 1.26 bits per heavy atom. The van der Waals surface area contributed by atoms with Crippen LogP contribution in [0.25, 0.3) is 5.69 Å².